The van der Waals surface area contributed by atoms with Gasteiger partial charge in [-0.1, -0.05) is 6.07 Å². The first kappa shape index (κ1) is 18.5. The Morgan fingerprint density at radius 1 is 1.07 bits per heavy atom. The van der Waals surface area contributed by atoms with Gasteiger partial charge < -0.3 is 24.9 Å². The summed E-state index contributed by atoms with van der Waals surface area (Å²) in [5.41, 5.74) is 8.60. The van der Waals surface area contributed by atoms with Crippen molar-refractivity contribution < 1.29 is 13.9 Å². The van der Waals surface area contributed by atoms with Crippen LogP contribution >= 0.6 is 0 Å². The lowest BCUT2D eigenvalue weighted by atomic mass is 10.1. The molecule has 1 aromatic carbocycles. The van der Waals surface area contributed by atoms with E-state index in [1.165, 1.54) is 0 Å². The van der Waals surface area contributed by atoms with Crippen LogP contribution in [0.5, 0.6) is 11.5 Å². The largest absolute Gasteiger partial charge is 0.493 e. The first-order valence-corrected chi connectivity index (χ1v) is 8.97. The zero-order chi connectivity index (χ0) is 20.2. The van der Waals surface area contributed by atoms with Crippen LogP contribution in [0.1, 0.15) is 5.56 Å². The third-order valence-electron chi connectivity index (χ3n) is 4.35. The first-order valence-electron chi connectivity index (χ1n) is 8.97. The van der Waals surface area contributed by atoms with Gasteiger partial charge in [0.25, 0.3) is 0 Å². The zero-order valence-corrected chi connectivity index (χ0v) is 16.0. The van der Waals surface area contributed by atoms with Crippen LogP contribution in [0.15, 0.2) is 47.2 Å². The van der Waals surface area contributed by atoms with Gasteiger partial charge in [0.15, 0.2) is 34.2 Å². The lowest BCUT2D eigenvalue weighted by molar-refractivity contribution is 0.354. The lowest BCUT2D eigenvalue weighted by Gasteiger charge is -2.10. The second-order valence-electron chi connectivity index (χ2n) is 6.20. The predicted molar refractivity (Wildman–Crippen MR) is 109 cm³/mol. The summed E-state index contributed by atoms with van der Waals surface area (Å²) in [5.74, 6) is 2.65. The number of benzene rings is 1. The molecule has 0 bridgehead atoms. The normalized spacial score (nSPS) is 10.8. The molecule has 0 unspecified atom stereocenters. The quantitative estimate of drug-likeness (QED) is 0.489. The molecule has 0 aliphatic carbocycles. The standard InChI is InChI=1S/C20H20N6O3/c1-27-15-6-5-12(10-16(15)28-2)7-8-22-20-25-18(21)17-19(26-20)23-11-13(24-17)14-4-3-9-29-14/h3-6,9-11H,7-8H2,1-2H3,(H3,21,22,23,25,26). The molecule has 3 heterocycles. The number of nitrogens with zero attached hydrogens (tertiary/aromatic N) is 4. The van der Waals surface area contributed by atoms with Crippen molar-refractivity contribution in [2.24, 2.45) is 0 Å². The van der Waals surface area contributed by atoms with Crippen molar-refractivity contribution in [1.82, 2.24) is 19.9 Å². The highest BCUT2D eigenvalue weighted by atomic mass is 16.5. The van der Waals surface area contributed by atoms with E-state index in [2.05, 4.69) is 25.3 Å². The maximum Gasteiger partial charge on any atom is 0.226 e. The van der Waals surface area contributed by atoms with E-state index in [-0.39, 0.29) is 5.82 Å². The van der Waals surface area contributed by atoms with Crippen molar-refractivity contribution in [3.05, 3.63) is 48.4 Å². The molecule has 0 aliphatic rings. The van der Waals surface area contributed by atoms with Crippen LogP contribution in [-0.2, 0) is 6.42 Å². The molecule has 0 amide bonds. The fourth-order valence-electron chi connectivity index (χ4n) is 2.91. The number of fused-ring (bicyclic) bond motifs is 1. The van der Waals surface area contributed by atoms with E-state index >= 15 is 0 Å². The molecule has 0 fully saturated rings. The van der Waals surface area contributed by atoms with Crippen molar-refractivity contribution >= 4 is 22.9 Å². The van der Waals surface area contributed by atoms with Crippen LogP contribution in [-0.4, -0.2) is 40.7 Å². The van der Waals surface area contributed by atoms with Crippen LogP contribution in [0.4, 0.5) is 11.8 Å². The first-order chi connectivity index (χ1) is 14.2. The van der Waals surface area contributed by atoms with Gasteiger partial charge in [0.05, 0.1) is 26.7 Å². The summed E-state index contributed by atoms with van der Waals surface area (Å²) < 4.78 is 15.9. The molecule has 0 saturated heterocycles. The Balaban J connectivity index is 1.48. The van der Waals surface area contributed by atoms with E-state index < -0.39 is 0 Å². The Kier molecular flexibility index (Phi) is 5.10. The Morgan fingerprint density at radius 3 is 2.69 bits per heavy atom. The minimum Gasteiger partial charge on any atom is -0.493 e. The van der Waals surface area contributed by atoms with Crippen molar-refractivity contribution in [2.45, 2.75) is 6.42 Å². The number of nitrogen functional groups attached to an aromatic ring is 1. The highest BCUT2D eigenvalue weighted by Gasteiger charge is 2.11. The average Bonchev–Trinajstić information content (AvgIpc) is 3.28. The second-order valence-corrected chi connectivity index (χ2v) is 6.20. The molecule has 0 spiro atoms. The van der Waals surface area contributed by atoms with Gasteiger partial charge >= 0.3 is 0 Å². The summed E-state index contributed by atoms with van der Waals surface area (Å²) in [6.45, 7) is 0.609. The van der Waals surface area contributed by atoms with Crippen LogP contribution < -0.4 is 20.5 Å². The van der Waals surface area contributed by atoms with E-state index in [1.54, 1.807) is 38.8 Å². The van der Waals surface area contributed by atoms with Gasteiger partial charge in [-0.2, -0.15) is 9.97 Å². The number of ether oxygens (including phenoxy) is 2. The monoisotopic (exact) mass is 392 g/mol. The molecule has 29 heavy (non-hydrogen) atoms. The number of hydrogen-bond donors (Lipinski definition) is 2. The molecule has 3 aromatic heterocycles. The van der Waals surface area contributed by atoms with Crippen molar-refractivity contribution in [1.29, 1.82) is 0 Å². The number of hydrogen-bond acceptors (Lipinski definition) is 9. The average molecular weight is 392 g/mol. The minimum atomic E-state index is 0.254. The Bertz CT molecular complexity index is 1130. The van der Waals surface area contributed by atoms with Gasteiger partial charge in [-0.3, -0.25) is 0 Å². The molecule has 4 rings (SSSR count). The fraction of sp³-hybridized carbons (Fsp3) is 0.200. The summed E-state index contributed by atoms with van der Waals surface area (Å²) in [6.07, 6.45) is 3.91. The molecule has 0 aliphatic heterocycles. The third kappa shape index (κ3) is 3.88. The van der Waals surface area contributed by atoms with Gasteiger partial charge in [0.1, 0.15) is 5.69 Å². The summed E-state index contributed by atoms with van der Waals surface area (Å²) >= 11 is 0. The molecular formula is C20H20N6O3. The number of aromatic nitrogens is 4. The summed E-state index contributed by atoms with van der Waals surface area (Å²) in [6, 6.07) is 9.40. The van der Waals surface area contributed by atoms with E-state index in [9.17, 15) is 0 Å². The summed E-state index contributed by atoms with van der Waals surface area (Å²) in [7, 11) is 3.23. The maximum atomic E-state index is 6.08. The molecule has 0 radical (unpaired) electrons. The SMILES string of the molecule is COc1ccc(CCNc2nc(N)c3nc(-c4ccco4)cnc3n2)cc1OC. The smallest absolute Gasteiger partial charge is 0.226 e. The maximum absolute atomic E-state index is 6.08. The molecule has 9 nitrogen and oxygen atoms in total. The Morgan fingerprint density at radius 2 is 1.93 bits per heavy atom. The van der Waals surface area contributed by atoms with Gasteiger partial charge in [0, 0.05) is 6.54 Å². The van der Waals surface area contributed by atoms with Crippen LogP contribution in [0.2, 0.25) is 0 Å². The number of nitrogens with two attached hydrogens (primary N) is 1. The van der Waals surface area contributed by atoms with E-state index in [0.717, 1.165) is 12.0 Å². The third-order valence-corrected chi connectivity index (χ3v) is 4.35. The van der Waals surface area contributed by atoms with Gasteiger partial charge in [-0.15, -0.1) is 0 Å². The number of methoxy groups -OCH3 is 2. The highest BCUT2D eigenvalue weighted by molar-refractivity contribution is 5.83. The Labute approximate surface area is 166 Å². The lowest BCUT2D eigenvalue weighted by Crippen LogP contribution is -2.10. The molecule has 9 heteroatoms. The molecule has 4 aromatic rings. The van der Waals surface area contributed by atoms with Crippen LogP contribution in [0.3, 0.4) is 0 Å². The number of anilines is 2. The fourth-order valence-corrected chi connectivity index (χ4v) is 2.91. The molecular weight excluding hydrogens is 372 g/mol. The van der Waals surface area contributed by atoms with Crippen molar-refractivity contribution in [3.8, 4) is 23.0 Å². The summed E-state index contributed by atoms with van der Waals surface area (Å²) in [5, 5.41) is 3.17. The van der Waals surface area contributed by atoms with Crippen LogP contribution in [0, 0.1) is 0 Å². The van der Waals surface area contributed by atoms with E-state index in [4.69, 9.17) is 19.6 Å². The van der Waals surface area contributed by atoms with Crippen LogP contribution in [0.25, 0.3) is 22.6 Å². The second kappa shape index (κ2) is 8.01. The minimum absolute atomic E-state index is 0.254. The molecule has 3 N–H and O–H groups in total. The molecule has 0 atom stereocenters. The zero-order valence-electron chi connectivity index (χ0n) is 16.0. The number of nitrogens with one attached hydrogen (secondary N) is 1. The van der Waals surface area contributed by atoms with Crippen molar-refractivity contribution in [2.75, 3.05) is 31.8 Å². The predicted octanol–water partition coefficient (Wildman–Crippen LogP) is 2.93. The van der Waals surface area contributed by atoms with E-state index in [0.29, 0.717) is 46.6 Å². The van der Waals surface area contributed by atoms with Gasteiger partial charge in [-0.25, -0.2) is 9.97 Å². The molecule has 148 valence electrons. The number of rotatable bonds is 7. The molecule has 0 saturated carbocycles. The summed E-state index contributed by atoms with van der Waals surface area (Å²) in [4.78, 5) is 17.5. The van der Waals surface area contributed by atoms with Gasteiger partial charge in [-0.05, 0) is 36.2 Å². The van der Waals surface area contributed by atoms with E-state index in [1.807, 2.05) is 18.2 Å². The van der Waals surface area contributed by atoms with Crippen molar-refractivity contribution in [3.63, 3.8) is 0 Å². The number of furan rings is 1. The van der Waals surface area contributed by atoms with Gasteiger partial charge in [0.2, 0.25) is 5.95 Å². The topological polar surface area (TPSA) is 121 Å². The Hall–Kier alpha value is -3.88. The highest BCUT2D eigenvalue weighted by Crippen LogP contribution is 2.27.